The molecule has 15 heavy (non-hydrogen) atoms. The Morgan fingerprint density at radius 3 is 3.27 bits per heavy atom. The average molecular weight is 207 g/mol. The molecule has 1 N–H and O–H groups in total. The number of aromatic nitrogens is 2. The average Bonchev–Trinajstić information content (AvgIpc) is 2.71. The van der Waals surface area contributed by atoms with Gasteiger partial charge in [0.25, 0.3) is 0 Å². The van der Waals surface area contributed by atoms with E-state index in [-0.39, 0.29) is 0 Å². The van der Waals surface area contributed by atoms with Gasteiger partial charge in [0.1, 0.15) is 0 Å². The van der Waals surface area contributed by atoms with E-state index in [1.54, 1.807) is 6.20 Å². The van der Waals surface area contributed by atoms with Crippen LogP contribution in [-0.4, -0.2) is 29.9 Å². The Morgan fingerprint density at radius 1 is 1.60 bits per heavy atom. The molecule has 0 radical (unpaired) electrons. The van der Waals surface area contributed by atoms with Crippen LogP contribution in [0.4, 0.5) is 0 Å². The molecule has 1 unspecified atom stereocenters. The van der Waals surface area contributed by atoms with Crippen LogP contribution in [0.3, 0.4) is 0 Å². The molecule has 1 atom stereocenters. The SMILES string of the molecule is Cc1cnnc(OCCC2CCNC2)c1. The van der Waals surface area contributed by atoms with Crippen LogP contribution >= 0.6 is 0 Å². The van der Waals surface area contributed by atoms with E-state index < -0.39 is 0 Å². The van der Waals surface area contributed by atoms with Crippen molar-refractivity contribution in [3.8, 4) is 5.88 Å². The molecule has 2 rings (SSSR count). The number of hydrogen-bond acceptors (Lipinski definition) is 4. The molecule has 0 saturated carbocycles. The second-order valence-electron chi connectivity index (χ2n) is 4.07. The first kappa shape index (κ1) is 10.4. The van der Waals surface area contributed by atoms with Crippen LogP contribution in [0.2, 0.25) is 0 Å². The summed E-state index contributed by atoms with van der Waals surface area (Å²) < 4.78 is 5.55. The lowest BCUT2D eigenvalue weighted by Gasteiger charge is -2.08. The monoisotopic (exact) mass is 207 g/mol. The van der Waals surface area contributed by atoms with E-state index in [4.69, 9.17) is 4.74 Å². The second-order valence-corrected chi connectivity index (χ2v) is 4.07. The second kappa shape index (κ2) is 5.07. The maximum absolute atomic E-state index is 5.55. The first-order chi connectivity index (χ1) is 7.34. The first-order valence-electron chi connectivity index (χ1n) is 5.47. The molecule has 1 aromatic rings. The van der Waals surface area contributed by atoms with E-state index in [1.807, 2.05) is 13.0 Å². The molecule has 1 aliphatic heterocycles. The molecule has 4 heteroatoms. The van der Waals surface area contributed by atoms with Gasteiger partial charge in [-0.05, 0) is 44.3 Å². The van der Waals surface area contributed by atoms with Crippen molar-refractivity contribution >= 4 is 0 Å². The summed E-state index contributed by atoms with van der Waals surface area (Å²) in [6, 6.07) is 1.92. The highest BCUT2D eigenvalue weighted by molar-refractivity contribution is 5.14. The van der Waals surface area contributed by atoms with Crippen molar-refractivity contribution in [3.63, 3.8) is 0 Å². The molecular weight excluding hydrogens is 190 g/mol. The molecule has 82 valence electrons. The summed E-state index contributed by atoms with van der Waals surface area (Å²) in [5.74, 6) is 1.41. The zero-order valence-corrected chi connectivity index (χ0v) is 9.07. The first-order valence-corrected chi connectivity index (χ1v) is 5.47. The fourth-order valence-electron chi connectivity index (χ4n) is 1.80. The zero-order valence-electron chi connectivity index (χ0n) is 9.07. The van der Waals surface area contributed by atoms with Gasteiger partial charge in [-0.3, -0.25) is 0 Å². The normalized spacial score (nSPS) is 20.5. The van der Waals surface area contributed by atoms with E-state index in [9.17, 15) is 0 Å². The highest BCUT2D eigenvalue weighted by atomic mass is 16.5. The number of nitrogens with one attached hydrogen (secondary N) is 1. The van der Waals surface area contributed by atoms with Gasteiger partial charge in [-0.2, -0.15) is 5.10 Å². The van der Waals surface area contributed by atoms with Crippen molar-refractivity contribution in [2.75, 3.05) is 19.7 Å². The quantitative estimate of drug-likeness (QED) is 0.805. The number of rotatable bonds is 4. The van der Waals surface area contributed by atoms with Crippen LogP contribution in [0.1, 0.15) is 18.4 Å². The Balaban J connectivity index is 1.73. The predicted molar refractivity (Wildman–Crippen MR) is 57.9 cm³/mol. The van der Waals surface area contributed by atoms with Crippen LogP contribution in [0, 0.1) is 12.8 Å². The maximum atomic E-state index is 5.55. The molecule has 0 aromatic carbocycles. The summed E-state index contributed by atoms with van der Waals surface area (Å²) in [7, 11) is 0. The van der Waals surface area contributed by atoms with E-state index in [0.717, 1.165) is 37.6 Å². The number of nitrogens with zero attached hydrogens (tertiary/aromatic N) is 2. The molecule has 2 heterocycles. The third-order valence-corrected chi connectivity index (χ3v) is 2.71. The largest absolute Gasteiger partial charge is 0.477 e. The van der Waals surface area contributed by atoms with Crippen molar-refractivity contribution in [3.05, 3.63) is 17.8 Å². The Hall–Kier alpha value is -1.16. The minimum Gasteiger partial charge on any atom is -0.477 e. The van der Waals surface area contributed by atoms with Gasteiger partial charge >= 0.3 is 0 Å². The fraction of sp³-hybridized carbons (Fsp3) is 0.636. The molecule has 0 bridgehead atoms. The zero-order chi connectivity index (χ0) is 10.5. The van der Waals surface area contributed by atoms with Gasteiger partial charge in [0.2, 0.25) is 5.88 Å². The van der Waals surface area contributed by atoms with E-state index in [0.29, 0.717) is 5.88 Å². The molecular formula is C11H17N3O. The summed E-state index contributed by atoms with van der Waals surface area (Å²) >= 11 is 0. The van der Waals surface area contributed by atoms with Gasteiger partial charge in [0.15, 0.2) is 0 Å². The van der Waals surface area contributed by atoms with Gasteiger partial charge in [-0.25, -0.2) is 0 Å². The molecule has 1 fully saturated rings. The summed E-state index contributed by atoms with van der Waals surface area (Å²) in [4.78, 5) is 0. The molecule has 1 aromatic heterocycles. The standard InChI is InChI=1S/C11H17N3O/c1-9-6-11(14-13-7-9)15-5-3-10-2-4-12-8-10/h6-7,10,12H,2-5,8H2,1H3. The highest BCUT2D eigenvalue weighted by Crippen LogP contribution is 2.13. The van der Waals surface area contributed by atoms with Crippen molar-refractivity contribution in [1.82, 2.24) is 15.5 Å². The fourth-order valence-corrected chi connectivity index (χ4v) is 1.80. The van der Waals surface area contributed by atoms with Crippen molar-refractivity contribution in [1.29, 1.82) is 0 Å². The Kier molecular flexibility index (Phi) is 3.50. The Morgan fingerprint density at radius 2 is 2.53 bits per heavy atom. The van der Waals surface area contributed by atoms with Crippen LogP contribution in [0.25, 0.3) is 0 Å². The summed E-state index contributed by atoms with van der Waals surface area (Å²) in [5.41, 5.74) is 1.09. The molecule has 1 saturated heterocycles. The van der Waals surface area contributed by atoms with Crippen LogP contribution in [-0.2, 0) is 0 Å². The summed E-state index contributed by atoms with van der Waals surface area (Å²) in [6.45, 7) is 5.00. The molecule has 0 aliphatic carbocycles. The smallest absolute Gasteiger partial charge is 0.233 e. The number of ether oxygens (including phenoxy) is 1. The van der Waals surface area contributed by atoms with E-state index in [1.165, 1.54) is 6.42 Å². The van der Waals surface area contributed by atoms with Crippen molar-refractivity contribution in [2.45, 2.75) is 19.8 Å². The van der Waals surface area contributed by atoms with Crippen LogP contribution in [0.15, 0.2) is 12.3 Å². The molecule has 0 spiro atoms. The van der Waals surface area contributed by atoms with Crippen LogP contribution in [0.5, 0.6) is 5.88 Å². The van der Waals surface area contributed by atoms with Gasteiger partial charge in [-0.1, -0.05) is 0 Å². The van der Waals surface area contributed by atoms with E-state index >= 15 is 0 Å². The van der Waals surface area contributed by atoms with Crippen molar-refractivity contribution in [2.24, 2.45) is 5.92 Å². The molecule has 0 amide bonds. The lowest BCUT2D eigenvalue weighted by atomic mass is 10.1. The summed E-state index contributed by atoms with van der Waals surface area (Å²) in [5, 5.41) is 11.1. The van der Waals surface area contributed by atoms with Gasteiger partial charge in [0.05, 0.1) is 12.8 Å². The topological polar surface area (TPSA) is 47.0 Å². The molecule has 4 nitrogen and oxygen atoms in total. The number of aryl methyl sites for hydroxylation is 1. The molecule has 1 aliphatic rings. The van der Waals surface area contributed by atoms with Gasteiger partial charge in [0, 0.05) is 6.07 Å². The minimum atomic E-state index is 0.640. The third-order valence-electron chi connectivity index (χ3n) is 2.71. The van der Waals surface area contributed by atoms with E-state index in [2.05, 4.69) is 15.5 Å². The van der Waals surface area contributed by atoms with Crippen LogP contribution < -0.4 is 10.1 Å². The minimum absolute atomic E-state index is 0.640. The lowest BCUT2D eigenvalue weighted by Crippen LogP contribution is -2.12. The predicted octanol–water partition coefficient (Wildman–Crippen LogP) is 1.16. The van der Waals surface area contributed by atoms with Crippen molar-refractivity contribution < 1.29 is 4.74 Å². The summed E-state index contributed by atoms with van der Waals surface area (Å²) in [6.07, 6.45) is 4.10. The lowest BCUT2D eigenvalue weighted by molar-refractivity contribution is 0.271. The maximum Gasteiger partial charge on any atom is 0.233 e. The van der Waals surface area contributed by atoms with Gasteiger partial charge < -0.3 is 10.1 Å². The number of hydrogen-bond donors (Lipinski definition) is 1. The van der Waals surface area contributed by atoms with Gasteiger partial charge in [-0.15, -0.1) is 5.10 Å². The third kappa shape index (κ3) is 3.16. The Bertz CT molecular complexity index is 310. The Labute approximate surface area is 90.1 Å². The highest BCUT2D eigenvalue weighted by Gasteiger charge is 2.13.